The Morgan fingerprint density at radius 1 is 1.37 bits per heavy atom. The Hall–Kier alpha value is -0.910. The Morgan fingerprint density at radius 3 is 2.58 bits per heavy atom. The van der Waals surface area contributed by atoms with Gasteiger partial charge < -0.3 is 10.1 Å². The van der Waals surface area contributed by atoms with Crippen LogP contribution < -0.4 is 10.1 Å². The third kappa shape index (κ3) is 6.18. The van der Waals surface area contributed by atoms with Gasteiger partial charge >= 0.3 is 6.36 Å². The number of alkyl halides is 3. The van der Waals surface area contributed by atoms with Crippen LogP contribution in [-0.2, 0) is 0 Å². The van der Waals surface area contributed by atoms with E-state index in [2.05, 4.69) is 32.9 Å². The van der Waals surface area contributed by atoms with Gasteiger partial charge in [0.1, 0.15) is 5.75 Å². The maximum Gasteiger partial charge on any atom is 0.573 e. The van der Waals surface area contributed by atoms with Crippen molar-refractivity contribution in [3.8, 4) is 5.75 Å². The van der Waals surface area contributed by atoms with Crippen molar-refractivity contribution in [2.24, 2.45) is 0 Å². The number of hydrogen-bond donors (Lipinski definition) is 1. The van der Waals surface area contributed by atoms with E-state index in [0.29, 0.717) is 0 Å². The van der Waals surface area contributed by atoms with E-state index >= 15 is 0 Å². The van der Waals surface area contributed by atoms with E-state index in [9.17, 15) is 13.2 Å². The summed E-state index contributed by atoms with van der Waals surface area (Å²) in [7, 11) is 0. The molecule has 2 nitrogen and oxygen atoms in total. The molecule has 0 radical (unpaired) electrons. The molecule has 0 fully saturated rings. The Kier molecular flexibility index (Phi) is 5.97. The molecule has 1 unspecified atom stereocenters. The molecular formula is C13H17BrF3NO. The van der Waals surface area contributed by atoms with Crippen LogP contribution in [0.2, 0.25) is 0 Å². The maximum absolute atomic E-state index is 12.1. The zero-order valence-corrected chi connectivity index (χ0v) is 12.4. The minimum atomic E-state index is -4.67. The lowest BCUT2D eigenvalue weighted by Crippen LogP contribution is -2.18. The number of anilines is 1. The minimum absolute atomic E-state index is 0.237. The lowest BCUT2D eigenvalue weighted by molar-refractivity contribution is -0.274. The molecular weight excluding hydrogens is 323 g/mol. The molecule has 108 valence electrons. The first-order valence-electron chi connectivity index (χ1n) is 6.13. The van der Waals surface area contributed by atoms with Gasteiger partial charge in [0, 0.05) is 11.7 Å². The van der Waals surface area contributed by atoms with Gasteiger partial charge in [-0.1, -0.05) is 19.8 Å². The molecule has 0 saturated heterocycles. The van der Waals surface area contributed by atoms with E-state index < -0.39 is 6.36 Å². The van der Waals surface area contributed by atoms with Crippen molar-refractivity contribution in [1.82, 2.24) is 0 Å². The highest BCUT2D eigenvalue weighted by atomic mass is 79.9. The van der Waals surface area contributed by atoms with Crippen LogP contribution >= 0.6 is 15.9 Å². The summed E-state index contributed by atoms with van der Waals surface area (Å²) in [5, 5.41) is 3.24. The van der Waals surface area contributed by atoms with Crippen LogP contribution in [0, 0.1) is 0 Å². The molecule has 1 N–H and O–H groups in total. The third-order valence-electron chi connectivity index (χ3n) is 2.56. The Morgan fingerprint density at radius 2 is 2.05 bits per heavy atom. The van der Waals surface area contributed by atoms with Crippen LogP contribution in [0.25, 0.3) is 0 Å². The topological polar surface area (TPSA) is 21.3 Å². The van der Waals surface area contributed by atoms with Gasteiger partial charge in [-0.25, -0.2) is 0 Å². The van der Waals surface area contributed by atoms with E-state index in [1.165, 1.54) is 6.07 Å². The summed E-state index contributed by atoms with van der Waals surface area (Å²) in [5.41, 5.74) is 0.769. The molecule has 6 heteroatoms. The van der Waals surface area contributed by atoms with Crippen molar-refractivity contribution in [3.63, 3.8) is 0 Å². The lowest BCUT2D eigenvalue weighted by atomic mass is 10.1. The van der Waals surface area contributed by atoms with Gasteiger partial charge in [0.25, 0.3) is 0 Å². The fourth-order valence-electron chi connectivity index (χ4n) is 1.67. The fraction of sp³-hybridized carbons (Fsp3) is 0.538. The third-order valence-corrected chi connectivity index (χ3v) is 3.18. The molecule has 1 aromatic carbocycles. The van der Waals surface area contributed by atoms with E-state index in [1.807, 2.05) is 6.92 Å². The standard InChI is InChI=1S/C13H17BrF3NO/c1-3-4-5-9(2)18-10-6-7-12(11(14)8-10)19-13(15,16)17/h6-9,18H,3-5H2,1-2H3. The van der Waals surface area contributed by atoms with Crippen LogP contribution in [0.1, 0.15) is 33.1 Å². The maximum atomic E-state index is 12.1. The van der Waals surface area contributed by atoms with Gasteiger partial charge in [0.05, 0.1) is 4.47 Å². The molecule has 0 bridgehead atoms. The second kappa shape index (κ2) is 7.03. The number of hydrogen-bond acceptors (Lipinski definition) is 2. The van der Waals surface area contributed by atoms with Gasteiger partial charge in [-0.3, -0.25) is 0 Å². The van der Waals surface area contributed by atoms with Gasteiger partial charge in [-0.15, -0.1) is 13.2 Å². The summed E-state index contributed by atoms with van der Waals surface area (Å²) in [5.74, 6) is -0.237. The zero-order chi connectivity index (χ0) is 14.5. The summed E-state index contributed by atoms with van der Waals surface area (Å²) in [6.07, 6.45) is -1.42. The van der Waals surface area contributed by atoms with E-state index in [-0.39, 0.29) is 16.3 Å². The minimum Gasteiger partial charge on any atom is -0.405 e. The second-order valence-electron chi connectivity index (χ2n) is 4.38. The first-order valence-corrected chi connectivity index (χ1v) is 6.93. The molecule has 1 atom stereocenters. The molecule has 0 saturated carbocycles. The van der Waals surface area contributed by atoms with Crippen molar-refractivity contribution in [2.45, 2.75) is 45.5 Å². The summed E-state index contributed by atoms with van der Waals surface area (Å²) in [4.78, 5) is 0. The molecule has 0 spiro atoms. The van der Waals surface area contributed by atoms with E-state index in [1.54, 1.807) is 12.1 Å². The van der Waals surface area contributed by atoms with Crippen molar-refractivity contribution >= 4 is 21.6 Å². The van der Waals surface area contributed by atoms with Gasteiger partial charge in [0.2, 0.25) is 0 Å². The Labute approximate surface area is 119 Å². The fourth-order valence-corrected chi connectivity index (χ4v) is 2.12. The second-order valence-corrected chi connectivity index (χ2v) is 5.23. The molecule has 1 rings (SSSR count). The quantitative estimate of drug-likeness (QED) is 0.755. The van der Waals surface area contributed by atoms with Crippen LogP contribution in [0.15, 0.2) is 22.7 Å². The van der Waals surface area contributed by atoms with Crippen molar-refractivity contribution in [1.29, 1.82) is 0 Å². The highest BCUT2D eigenvalue weighted by Crippen LogP contribution is 2.32. The molecule has 0 aliphatic heterocycles. The summed E-state index contributed by atoms with van der Waals surface area (Å²) in [6.45, 7) is 4.16. The monoisotopic (exact) mass is 339 g/mol. The normalized spacial score (nSPS) is 13.2. The molecule has 19 heavy (non-hydrogen) atoms. The molecule has 0 aliphatic rings. The van der Waals surface area contributed by atoms with Crippen LogP contribution in [0.3, 0.4) is 0 Å². The predicted molar refractivity (Wildman–Crippen MR) is 73.4 cm³/mol. The van der Waals surface area contributed by atoms with Gasteiger partial charge in [0.15, 0.2) is 0 Å². The first kappa shape index (κ1) is 16.1. The lowest BCUT2D eigenvalue weighted by Gasteiger charge is -2.16. The van der Waals surface area contributed by atoms with Gasteiger partial charge in [-0.05, 0) is 47.5 Å². The van der Waals surface area contributed by atoms with Crippen LogP contribution in [0.5, 0.6) is 5.75 Å². The SMILES string of the molecule is CCCCC(C)Nc1ccc(OC(F)(F)F)c(Br)c1. The molecule has 1 aromatic rings. The number of rotatable bonds is 6. The van der Waals surface area contributed by atoms with E-state index in [0.717, 1.165) is 24.9 Å². The highest BCUT2D eigenvalue weighted by Gasteiger charge is 2.31. The molecule has 0 amide bonds. The number of benzene rings is 1. The van der Waals surface area contributed by atoms with Crippen LogP contribution in [0.4, 0.5) is 18.9 Å². The summed E-state index contributed by atoms with van der Waals surface area (Å²) in [6, 6.07) is 4.74. The van der Waals surface area contributed by atoms with Crippen molar-refractivity contribution in [3.05, 3.63) is 22.7 Å². The largest absolute Gasteiger partial charge is 0.573 e. The zero-order valence-electron chi connectivity index (χ0n) is 10.9. The van der Waals surface area contributed by atoms with Crippen molar-refractivity contribution < 1.29 is 17.9 Å². The summed E-state index contributed by atoms with van der Waals surface area (Å²) >= 11 is 3.08. The van der Waals surface area contributed by atoms with Crippen molar-refractivity contribution in [2.75, 3.05) is 5.32 Å². The Balaban J connectivity index is 2.66. The van der Waals surface area contributed by atoms with Crippen LogP contribution in [-0.4, -0.2) is 12.4 Å². The number of halogens is 4. The van der Waals surface area contributed by atoms with Gasteiger partial charge in [-0.2, -0.15) is 0 Å². The molecule has 0 aromatic heterocycles. The first-order chi connectivity index (χ1) is 8.81. The Bertz CT molecular complexity index is 409. The number of unbranched alkanes of at least 4 members (excludes halogenated alkanes) is 1. The molecule has 0 heterocycles. The van der Waals surface area contributed by atoms with E-state index in [4.69, 9.17) is 0 Å². The number of nitrogens with one attached hydrogen (secondary N) is 1. The predicted octanol–water partition coefficient (Wildman–Crippen LogP) is 5.34. The smallest absolute Gasteiger partial charge is 0.405 e. The summed E-state index contributed by atoms with van der Waals surface area (Å²) < 4.78 is 40.5. The highest BCUT2D eigenvalue weighted by molar-refractivity contribution is 9.10. The average Bonchev–Trinajstić information content (AvgIpc) is 2.28. The number of ether oxygens (including phenoxy) is 1. The molecule has 0 aliphatic carbocycles. The average molecular weight is 340 g/mol.